The van der Waals surface area contributed by atoms with E-state index in [1.165, 1.54) is 5.56 Å². The number of hydrogen-bond acceptors (Lipinski definition) is 2. The zero-order chi connectivity index (χ0) is 11.1. The Hall–Kier alpha value is -1.28. The van der Waals surface area contributed by atoms with Gasteiger partial charge in [-0.25, -0.2) is 0 Å². The van der Waals surface area contributed by atoms with Crippen LogP contribution in [0.25, 0.3) is 0 Å². The summed E-state index contributed by atoms with van der Waals surface area (Å²) >= 11 is 0. The van der Waals surface area contributed by atoms with Gasteiger partial charge in [0.15, 0.2) is 0 Å². The second kappa shape index (κ2) is 6.25. The van der Waals surface area contributed by atoms with Gasteiger partial charge in [-0.1, -0.05) is 18.2 Å². The molecule has 0 bridgehead atoms. The Kier molecular flexibility index (Phi) is 4.91. The average molecular weight is 205 g/mol. The zero-order valence-corrected chi connectivity index (χ0v) is 9.49. The molecule has 0 aromatic heterocycles. The molecule has 0 saturated heterocycles. The number of nitrogens with one attached hydrogen (secondary N) is 1. The van der Waals surface area contributed by atoms with Crippen LogP contribution in [0.4, 0.5) is 0 Å². The Morgan fingerprint density at radius 3 is 2.93 bits per heavy atom. The molecule has 0 amide bonds. The maximum absolute atomic E-state index is 5.63. The topological polar surface area (TPSA) is 21.3 Å². The zero-order valence-electron chi connectivity index (χ0n) is 9.49. The van der Waals surface area contributed by atoms with Crippen LogP contribution in [0, 0.1) is 6.92 Å². The Morgan fingerprint density at radius 1 is 1.53 bits per heavy atom. The number of aryl methyl sites for hydroxylation is 1. The Balaban J connectivity index is 2.34. The Labute approximate surface area is 92.0 Å². The first-order chi connectivity index (χ1) is 7.26. The molecule has 1 atom stereocenters. The van der Waals surface area contributed by atoms with Crippen molar-refractivity contribution in [3.05, 3.63) is 42.5 Å². The van der Waals surface area contributed by atoms with E-state index in [9.17, 15) is 0 Å². The van der Waals surface area contributed by atoms with Crippen molar-refractivity contribution in [2.24, 2.45) is 0 Å². The Bertz CT molecular complexity index is 309. The molecule has 1 aromatic rings. The van der Waals surface area contributed by atoms with Gasteiger partial charge in [0.05, 0.1) is 6.61 Å². The van der Waals surface area contributed by atoms with Gasteiger partial charge >= 0.3 is 0 Å². The quantitative estimate of drug-likeness (QED) is 0.721. The summed E-state index contributed by atoms with van der Waals surface area (Å²) in [5, 5.41) is 3.15. The molecule has 1 unspecified atom stereocenters. The third kappa shape index (κ3) is 4.17. The summed E-state index contributed by atoms with van der Waals surface area (Å²) in [5.41, 5.74) is 1.22. The molecule has 0 saturated carbocycles. The lowest BCUT2D eigenvalue weighted by molar-refractivity contribution is 0.299. The third-order valence-corrected chi connectivity index (χ3v) is 2.34. The first-order valence-corrected chi connectivity index (χ1v) is 5.25. The molecule has 82 valence electrons. The number of ether oxygens (including phenoxy) is 1. The molecule has 2 heteroatoms. The third-order valence-electron chi connectivity index (χ3n) is 2.34. The van der Waals surface area contributed by atoms with E-state index < -0.39 is 0 Å². The van der Waals surface area contributed by atoms with E-state index in [2.05, 4.69) is 24.9 Å². The molecular formula is C13H19NO. The lowest BCUT2D eigenvalue weighted by Gasteiger charge is -2.12. The standard InChI is InChI=1S/C13H19NO/c1-4-12(14-3)8-9-15-13-7-5-6-11(2)10-13/h4-7,10,12,14H,1,8-9H2,2-3H3. The normalized spacial score (nSPS) is 12.1. The second-order valence-corrected chi connectivity index (χ2v) is 3.58. The molecule has 0 aliphatic rings. The molecule has 0 fully saturated rings. The van der Waals surface area contributed by atoms with Gasteiger partial charge < -0.3 is 10.1 Å². The molecule has 1 aromatic carbocycles. The SMILES string of the molecule is C=CC(CCOc1cccc(C)c1)NC. The summed E-state index contributed by atoms with van der Waals surface area (Å²) < 4.78 is 5.63. The molecule has 1 N–H and O–H groups in total. The predicted octanol–water partition coefficient (Wildman–Crippen LogP) is 2.54. The largest absolute Gasteiger partial charge is 0.494 e. The molecule has 2 nitrogen and oxygen atoms in total. The fraction of sp³-hybridized carbons (Fsp3) is 0.385. The van der Waals surface area contributed by atoms with E-state index in [-0.39, 0.29) is 0 Å². The van der Waals surface area contributed by atoms with Gasteiger partial charge in [0, 0.05) is 12.5 Å². The van der Waals surface area contributed by atoms with Gasteiger partial charge in [0.2, 0.25) is 0 Å². The summed E-state index contributed by atoms with van der Waals surface area (Å²) in [6, 6.07) is 8.42. The summed E-state index contributed by atoms with van der Waals surface area (Å²) in [7, 11) is 1.93. The maximum atomic E-state index is 5.63. The highest BCUT2D eigenvalue weighted by molar-refractivity contribution is 5.27. The highest BCUT2D eigenvalue weighted by Crippen LogP contribution is 2.12. The van der Waals surface area contributed by atoms with Crippen LogP contribution in [0.15, 0.2) is 36.9 Å². The van der Waals surface area contributed by atoms with Crippen LogP contribution in [-0.2, 0) is 0 Å². The van der Waals surface area contributed by atoms with E-state index in [4.69, 9.17) is 4.74 Å². The molecule has 0 aliphatic carbocycles. The van der Waals surface area contributed by atoms with Gasteiger partial charge in [0.25, 0.3) is 0 Å². The maximum Gasteiger partial charge on any atom is 0.119 e. The molecule has 0 spiro atoms. The van der Waals surface area contributed by atoms with Crippen LogP contribution in [0.2, 0.25) is 0 Å². The highest BCUT2D eigenvalue weighted by atomic mass is 16.5. The van der Waals surface area contributed by atoms with Crippen LogP contribution >= 0.6 is 0 Å². The van der Waals surface area contributed by atoms with Crippen molar-refractivity contribution < 1.29 is 4.74 Å². The fourth-order valence-corrected chi connectivity index (χ4v) is 1.39. The van der Waals surface area contributed by atoms with Crippen molar-refractivity contribution >= 4 is 0 Å². The lowest BCUT2D eigenvalue weighted by Crippen LogP contribution is -2.24. The minimum Gasteiger partial charge on any atom is -0.494 e. The lowest BCUT2D eigenvalue weighted by atomic mass is 10.2. The summed E-state index contributed by atoms with van der Waals surface area (Å²) in [6.07, 6.45) is 2.84. The number of benzene rings is 1. The van der Waals surface area contributed by atoms with Gasteiger partial charge in [-0.05, 0) is 31.7 Å². The van der Waals surface area contributed by atoms with Gasteiger partial charge in [0.1, 0.15) is 5.75 Å². The minimum absolute atomic E-state index is 0.329. The van der Waals surface area contributed by atoms with Crippen molar-refractivity contribution in [1.82, 2.24) is 5.32 Å². The van der Waals surface area contributed by atoms with Gasteiger partial charge in [-0.15, -0.1) is 6.58 Å². The van der Waals surface area contributed by atoms with E-state index in [0.717, 1.165) is 12.2 Å². The molecule has 0 radical (unpaired) electrons. The fourth-order valence-electron chi connectivity index (χ4n) is 1.39. The second-order valence-electron chi connectivity index (χ2n) is 3.58. The van der Waals surface area contributed by atoms with Crippen LogP contribution in [-0.4, -0.2) is 19.7 Å². The first kappa shape index (κ1) is 11.8. The molecule has 15 heavy (non-hydrogen) atoms. The number of rotatable bonds is 6. The number of likely N-dealkylation sites (N-methyl/N-ethyl adjacent to an activating group) is 1. The van der Waals surface area contributed by atoms with Crippen LogP contribution in [0.3, 0.4) is 0 Å². The smallest absolute Gasteiger partial charge is 0.119 e. The number of hydrogen-bond donors (Lipinski definition) is 1. The Morgan fingerprint density at radius 2 is 2.33 bits per heavy atom. The average Bonchev–Trinajstić information content (AvgIpc) is 2.25. The van der Waals surface area contributed by atoms with E-state index in [1.54, 1.807) is 0 Å². The van der Waals surface area contributed by atoms with Crippen LogP contribution in [0.5, 0.6) is 5.75 Å². The van der Waals surface area contributed by atoms with Crippen molar-refractivity contribution in [3.8, 4) is 5.75 Å². The van der Waals surface area contributed by atoms with Gasteiger partial charge in [-0.3, -0.25) is 0 Å². The van der Waals surface area contributed by atoms with E-state index in [1.807, 2.05) is 31.3 Å². The molecular weight excluding hydrogens is 186 g/mol. The summed E-state index contributed by atoms with van der Waals surface area (Å²) in [6.45, 7) is 6.53. The molecule has 1 rings (SSSR count). The monoisotopic (exact) mass is 205 g/mol. The van der Waals surface area contributed by atoms with E-state index in [0.29, 0.717) is 12.6 Å². The summed E-state index contributed by atoms with van der Waals surface area (Å²) in [5.74, 6) is 0.939. The van der Waals surface area contributed by atoms with Crippen LogP contribution < -0.4 is 10.1 Å². The van der Waals surface area contributed by atoms with Crippen molar-refractivity contribution in [3.63, 3.8) is 0 Å². The van der Waals surface area contributed by atoms with Gasteiger partial charge in [-0.2, -0.15) is 0 Å². The van der Waals surface area contributed by atoms with Crippen molar-refractivity contribution in [1.29, 1.82) is 0 Å². The van der Waals surface area contributed by atoms with Crippen molar-refractivity contribution in [2.75, 3.05) is 13.7 Å². The van der Waals surface area contributed by atoms with Crippen molar-refractivity contribution in [2.45, 2.75) is 19.4 Å². The summed E-state index contributed by atoms with van der Waals surface area (Å²) in [4.78, 5) is 0. The molecule has 0 heterocycles. The molecule has 0 aliphatic heterocycles. The predicted molar refractivity (Wildman–Crippen MR) is 64.3 cm³/mol. The highest BCUT2D eigenvalue weighted by Gasteiger charge is 2.00. The van der Waals surface area contributed by atoms with Crippen LogP contribution in [0.1, 0.15) is 12.0 Å². The van der Waals surface area contributed by atoms with E-state index >= 15 is 0 Å². The first-order valence-electron chi connectivity index (χ1n) is 5.25. The minimum atomic E-state index is 0.329.